The number of piperidine rings is 1. The molecule has 2 heterocycles. The van der Waals surface area contributed by atoms with E-state index in [1.54, 1.807) is 12.4 Å². The molecule has 1 fully saturated rings. The van der Waals surface area contributed by atoms with Gasteiger partial charge in [0.05, 0.1) is 0 Å². The predicted octanol–water partition coefficient (Wildman–Crippen LogP) is 4.59. The number of hydrogen-bond acceptors (Lipinski definition) is 3. The summed E-state index contributed by atoms with van der Waals surface area (Å²) in [5, 5.41) is 2.96. The quantitative estimate of drug-likeness (QED) is 0.626. The molecule has 1 aliphatic heterocycles. The van der Waals surface area contributed by atoms with Crippen LogP contribution in [-0.4, -0.2) is 34.8 Å². The van der Waals surface area contributed by atoms with E-state index in [9.17, 15) is 9.59 Å². The SMILES string of the molecule is CCc1ccc(C(=O)N2CCC[C@H](c3cccc(C(=O)NCc4cccnc4)c3)C2)cc1. The van der Waals surface area contributed by atoms with Gasteiger partial charge in [-0.2, -0.15) is 0 Å². The molecular formula is C27H29N3O2. The first-order valence-electron chi connectivity index (χ1n) is 11.3. The van der Waals surface area contributed by atoms with Gasteiger partial charge in [0, 0.05) is 49.1 Å². The van der Waals surface area contributed by atoms with Crippen molar-refractivity contribution < 1.29 is 9.59 Å². The third kappa shape index (κ3) is 5.22. The van der Waals surface area contributed by atoms with E-state index < -0.39 is 0 Å². The van der Waals surface area contributed by atoms with E-state index in [4.69, 9.17) is 0 Å². The summed E-state index contributed by atoms with van der Waals surface area (Å²) in [6, 6.07) is 19.5. The number of rotatable bonds is 6. The number of aromatic nitrogens is 1. The molecular weight excluding hydrogens is 398 g/mol. The third-order valence-corrected chi connectivity index (χ3v) is 6.11. The van der Waals surface area contributed by atoms with E-state index in [1.807, 2.05) is 59.5 Å². The van der Waals surface area contributed by atoms with E-state index in [-0.39, 0.29) is 17.7 Å². The van der Waals surface area contributed by atoms with E-state index in [1.165, 1.54) is 5.56 Å². The molecule has 5 heteroatoms. The Kier molecular flexibility index (Phi) is 6.95. The Bertz CT molecular complexity index is 1060. The lowest BCUT2D eigenvalue weighted by atomic mass is 9.89. The first-order chi connectivity index (χ1) is 15.6. The Morgan fingerprint density at radius 2 is 1.88 bits per heavy atom. The second kappa shape index (κ2) is 10.2. The number of nitrogens with zero attached hydrogens (tertiary/aromatic N) is 2. The number of carbonyl (C=O) groups excluding carboxylic acids is 2. The van der Waals surface area contributed by atoms with Gasteiger partial charge in [-0.15, -0.1) is 0 Å². The Hall–Kier alpha value is -3.47. The van der Waals surface area contributed by atoms with Gasteiger partial charge >= 0.3 is 0 Å². The highest BCUT2D eigenvalue weighted by atomic mass is 16.2. The first kappa shape index (κ1) is 21.8. The van der Waals surface area contributed by atoms with Crippen molar-refractivity contribution in [1.29, 1.82) is 0 Å². The number of pyridine rings is 1. The normalized spacial score (nSPS) is 15.9. The summed E-state index contributed by atoms with van der Waals surface area (Å²) in [7, 11) is 0. The fraction of sp³-hybridized carbons (Fsp3) is 0.296. The Morgan fingerprint density at radius 1 is 1.03 bits per heavy atom. The highest BCUT2D eigenvalue weighted by Crippen LogP contribution is 2.28. The molecule has 4 rings (SSSR count). The Morgan fingerprint density at radius 3 is 2.62 bits per heavy atom. The molecule has 164 valence electrons. The molecule has 1 saturated heterocycles. The molecule has 0 saturated carbocycles. The average Bonchev–Trinajstić information content (AvgIpc) is 2.87. The second-order valence-corrected chi connectivity index (χ2v) is 8.31. The summed E-state index contributed by atoms with van der Waals surface area (Å²) in [5.74, 6) is 0.215. The summed E-state index contributed by atoms with van der Waals surface area (Å²) in [6.45, 7) is 4.00. The molecule has 1 aromatic heterocycles. The van der Waals surface area contributed by atoms with Gasteiger partial charge in [0.25, 0.3) is 11.8 Å². The first-order valence-corrected chi connectivity index (χ1v) is 11.3. The fourth-order valence-corrected chi connectivity index (χ4v) is 4.22. The van der Waals surface area contributed by atoms with Crippen molar-refractivity contribution in [3.63, 3.8) is 0 Å². The summed E-state index contributed by atoms with van der Waals surface area (Å²) < 4.78 is 0. The molecule has 2 aromatic carbocycles. The van der Waals surface area contributed by atoms with Gasteiger partial charge in [-0.05, 0) is 66.3 Å². The van der Waals surface area contributed by atoms with Crippen molar-refractivity contribution in [2.75, 3.05) is 13.1 Å². The van der Waals surface area contributed by atoms with Crippen LogP contribution in [0.5, 0.6) is 0 Å². The van der Waals surface area contributed by atoms with E-state index in [0.717, 1.165) is 42.5 Å². The maximum absolute atomic E-state index is 13.0. The molecule has 5 nitrogen and oxygen atoms in total. The Labute approximate surface area is 189 Å². The lowest BCUT2D eigenvalue weighted by Crippen LogP contribution is -2.39. The van der Waals surface area contributed by atoms with Crippen LogP contribution in [0.4, 0.5) is 0 Å². The van der Waals surface area contributed by atoms with Crippen LogP contribution in [0.25, 0.3) is 0 Å². The maximum Gasteiger partial charge on any atom is 0.253 e. The molecule has 0 bridgehead atoms. The van der Waals surface area contributed by atoms with Crippen LogP contribution >= 0.6 is 0 Å². The van der Waals surface area contributed by atoms with Gasteiger partial charge in [-0.1, -0.05) is 37.3 Å². The van der Waals surface area contributed by atoms with Crippen molar-refractivity contribution in [3.05, 3.63) is 101 Å². The molecule has 2 amide bonds. The van der Waals surface area contributed by atoms with Gasteiger partial charge in [-0.3, -0.25) is 14.6 Å². The molecule has 0 aliphatic carbocycles. The van der Waals surface area contributed by atoms with E-state index >= 15 is 0 Å². The summed E-state index contributed by atoms with van der Waals surface area (Å²) in [4.78, 5) is 31.7. The zero-order chi connectivity index (χ0) is 22.3. The minimum atomic E-state index is -0.101. The van der Waals surface area contributed by atoms with Crippen LogP contribution in [0.15, 0.2) is 73.1 Å². The molecule has 32 heavy (non-hydrogen) atoms. The predicted molar refractivity (Wildman–Crippen MR) is 126 cm³/mol. The van der Waals surface area contributed by atoms with Gasteiger partial charge in [0.2, 0.25) is 0 Å². The average molecular weight is 428 g/mol. The third-order valence-electron chi connectivity index (χ3n) is 6.11. The number of carbonyl (C=O) groups is 2. The summed E-state index contributed by atoms with van der Waals surface area (Å²) >= 11 is 0. The topological polar surface area (TPSA) is 62.3 Å². The standard InChI is InChI=1S/C27H29N3O2/c1-2-20-10-12-22(13-11-20)27(32)30-15-5-9-25(19-30)23-7-3-8-24(16-23)26(31)29-18-21-6-4-14-28-17-21/h3-4,6-8,10-14,16-17,25H,2,5,9,15,18-19H2,1H3,(H,29,31)/t25-/m0/s1. The van der Waals surface area contributed by atoms with Crippen molar-refractivity contribution in [3.8, 4) is 0 Å². The number of benzene rings is 2. The van der Waals surface area contributed by atoms with Gasteiger partial charge in [0.15, 0.2) is 0 Å². The van der Waals surface area contributed by atoms with Crippen LogP contribution in [0.3, 0.4) is 0 Å². The zero-order valence-electron chi connectivity index (χ0n) is 18.5. The number of likely N-dealkylation sites (tertiary alicyclic amines) is 1. The van der Waals surface area contributed by atoms with E-state index in [2.05, 4.69) is 23.3 Å². The summed E-state index contributed by atoms with van der Waals surface area (Å²) in [5.41, 5.74) is 4.69. The van der Waals surface area contributed by atoms with Crippen molar-refractivity contribution in [1.82, 2.24) is 15.2 Å². The number of aryl methyl sites for hydroxylation is 1. The second-order valence-electron chi connectivity index (χ2n) is 8.31. The van der Waals surface area contributed by atoms with Crippen LogP contribution in [0.2, 0.25) is 0 Å². The smallest absolute Gasteiger partial charge is 0.253 e. The van der Waals surface area contributed by atoms with Crippen LogP contribution in [0.1, 0.15) is 63.1 Å². The van der Waals surface area contributed by atoms with Crippen LogP contribution in [0, 0.1) is 0 Å². The minimum absolute atomic E-state index is 0.0859. The highest BCUT2D eigenvalue weighted by molar-refractivity contribution is 5.95. The van der Waals surface area contributed by atoms with Crippen LogP contribution in [-0.2, 0) is 13.0 Å². The molecule has 1 N–H and O–H groups in total. The minimum Gasteiger partial charge on any atom is -0.348 e. The van der Waals surface area contributed by atoms with Crippen molar-refractivity contribution in [2.24, 2.45) is 0 Å². The van der Waals surface area contributed by atoms with E-state index in [0.29, 0.717) is 18.7 Å². The molecule has 1 aliphatic rings. The lowest BCUT2D eigenvalue weighted by Gasteiger charge is -2.33. The molecule has 0 unspecified atom stereocenters. The van der Waals surface area contributed by atoms with Crippen LogP contribution < -0.4 is 5.32 Å². The van der Waals surface area contributed by atoms with Crippen molar-refractivity contribution in [2.45, 2.75) is 38.6 Å². The van der Waals surface area contributed by atoms with Crippen molar-refractivity contribution >= 4 is 11.8 Å². The monoisotopic (exact) mass is 427 g/mol. The highest BCUT2D eigenvalue weighted by Gasteiger charge is 2.26. The molecule has 0 spiro atoms. The molecule has 3 aromatic rings. The van der Waals surface area contributed by atoms with Gasteiger partial charge < -0.3 is 10.2 Å². The number of hydrogen-bond donors (Lipinski definition) is 1. The largest absolute Gasteiger partial charge is 0.348 e. The van der Waals surface area contributed by atoms with Gasteiger partial charge in [0.1, 0.15) is 0 Å². The Balaban J connectivity index is 1.41. The zero-order valence-corrected chi connectivity index (χ0v) is 18.5. The molecule has 1 atom stereocenters. The number of amides is 2. The number of nitrogens with one attached hydrogen (secondary N) is 1. The lowest BCUT2D eigenvalue weighted by molar-refractivity contribution is 0.0706. The molecule has 0 radical (unpaired) electrons. The maximum atomic E-state index is 13.0. The fourth-order valence-electron chi connectivity index (χ4n) is 4.22. The van der Waals surface area contributed by atoms with Gasteiger partial charge in [-0.25, -0.2) is 0 Å². The summed E-state index contributed by atoms with van der Waals surface area (Å²) in [6.07, 6.45) is 6.40.